The molecule has 5 N–H and O–H groups in total. The highest BCUT2D eigenvalue weighted by molar-refractivity contribution is 5.92. The van der Waals surface area contributed by atoms with Crippen LogP contribution < -0.4 is 16.8 Å². The fourth-order valence-corrected chi connectivity index (χ4v) is 1.85. The van der Waals surface area contributed by atoms with Gasteiger partial charge >= 0.3 is 0 Å². The minimum atomic E-state index is -0.513. The normalized spacial score (nSPS) is 10.3. The molecule has 0 fully saturated rings. The quantitative estimate of drug-likeness (QED) is 0.687. The van der Waals surface area contributed by atoms with Crippen LogP contribution in [-0.2, 0) is 11.3 Å². The number of carbonyl (C=O) groups is 2. The average Bonchev–Trinajstić information content (AvgIpc) is 2.87. The first kappa shape index (κ1) is 14.6. The average molecular weight is 287 g/mol. The molecule has 1 aromatic heterocycles. The van der Waals surface area contributed by atoms with Crippen molar-refractivity contribution in [2.45, 2.75) is 19.4 Å². The summed E-state index contributed by atoms with van der Waals surface area (Å²) >= 11 is 0. The molecule has 0 saturated carbocycles. The van der Waals surface area contributed by atoms with Crippen molar-refractivity contribution >= 4 is 23.2 Å². The van der Waals surface area contributed by atoms with Gasteiger partial charge in [0, 0.05) is 30.5 Å². The first-order chi connectivity index (χ1) is 10.0. The summed E-state index contributed by atoms with van der Waals surface area (Å²) in [6.45, 7) is 0.539. The summed E-state index contributed by atoms with van der Waals surface area (Å²) in [6.07, 6.45) is 3.93. The number of anilines is 2. The van der Waals surface area contributed by atoms with Gasteiger partial charge in [0.2, 0.25) is 5.91 Å². The van der Waals surface area contributed by atoms with E-state index in [0.29, 0.717) is 36.3 Å². The Morgan fingerprint density at radius 1 is 1.33 bits per heavy atom. The molecule has 0 atom stereocenters. The predicted octanol–water partition coefficient (Wildman–Crippen LogP) is 0.983. The third-order valence-corrected chi connectivity index (χ3v) is 2.88. The summed E-state index contributed by atoms with van der Waals surface area (Å²) in [4.78, 5) is 22.7. The van der Waals surface area contributed by atoms with Gasteiger partial charge in [-0.3, -0.25) is 14.3 Å². The number of hydrogen-bond acceptors (Lipinski definition) is 4. The fraction of sp³-hybridized carbons (Fsp3) is 0.214. The molecular formula is C14H17N5O2. The lowest BCUT2D eigenvalue weighted by atomic mass is 10.2. The van der Waals surface area contributed by atoms with E-state index in [-0.39, 0.29) is 5.91 Å². The van der Waals surface area contributed by atoms with Crippen molar-refractivity contribution in [2.24, 2.45) is 5.73 Å². The first-order valence-corrected chi connectivity index (χ1v) is 6.52. The second-order valence-electron chi connectivity index (χ2n) is 4.63. The number of nitrogen functional groups attached to an aromatic ring is 1. The lowest BCUT2D eigenvalue weighted by Crippen LogP contribution is -2.13. The number of amides is 2. The fourth-order valence-electron chi connectivity index (χ4n) is 1.85. The number of nitrogens with one attached hydrogen (secondary N) is 1. The Hall–Kier alpha value is -2.83. The summed E-state index contributed by atoms with van der Waals surface area (Å²) in [7, 11) is 0. The molecule has 7 nitrogen and oxygen atoms in total. The van der Waals surface area contributed by atoms with Gasteiger partial charge in [0.25, 0.3) is 5.91 Å². The molecule has 2 amide bonds. The summed E-state index contributed by atoms with van der Waals surface area (Å²) in [5, 5.41) is 6.77. The molecule has 2 aromatic rings. The Kier molecular flexibility index (Phi) is 4.55. The van der Waals surface area contributed by atoms with Gasteiger partial charge in [-0.2, -0.15) is 5.10 Å². The van der Waals surface area contributed by atoms with Crippen molar-refractivity contribution < 1.29 is 9.59 Å². The second-order valence-corrected chi connectivity index (χ2v) is 4.63. The van der Waals surface area contributed by atoms with Crippen LogP contribution in [0.3, 0.4) is 0 Å². The van der Waals surface area contributed by atoms with Crippen LogP contribution in [0, 0.1) is 0 Å². The van der Waals surface area contributed by atoms with Crippen LogP contribution >= 0.6 is 0 Å². The van der Waals surface area contributed by atoms with Crippen molar-refractivity contribution in [1.29, 1.82) is 0 Å². The van der Waals surface area contributed by atoms with E-state index in [9.17, 15) is 9.59 Å². The molecule has 1 heterocycles. The third-order valence-electron chi connectivity index (χ3n) is 2.88. The van der Waals surface area contributed by atoms with Crippen LogP contribution in [0.15, 0.2) is 36.7 Å². The monoisotopic (exact) mass is 287 g/mol. The Bertz CT molecular complexity index is 650. The zero-order chi connectivity index (χ0) is 15.2. The molecule has 1 aromatic carbocycles. The molecule has 0 spiro atoms. The molecule has 0 bridgehead atoms. The van der Waals surface area contributed by atoms with E-state index in [1.807, 2.05) is 0 Å². The Balaban J connectivity index is 1.77. The van der Waals surface area contributed by atoms with E-state index >= 15 is 0 Å². The lowest BCUT2D eigenvalue weighted by Gasteiger charge is -2.06. The summed E-state index contributed by atoms with van der Waals surface area (Å²) in [5.41, 5.74) is 12.4. The van der Waals surface area contributed by atoms with Crippen LogP contribution in [0.2, 0.25) is 0 Å². The number of rotatable bonds is 6. The number of primary amides is 1. The van der Waals surface area contributed by atoms with E-state index in [1.54, 1.807) is 35.1 Å². The van der Waals surface area contributed by atoms with Crippen molar-refractivity contribution in [3.8, 4) is 0 Å². The minimum Gasteiger partial charge on any atom is -0.399 e. The van der Waals surface area contributed by atoms with E-state index < -0.39 is 5.91 Å². The van der Waals surface area contributed by atoms with Crippen LogP contribution in [0.25, 0.3) is 0 Å². The van der Waals surface area contributed by atoms with Gasteiger partial charge in [-0.1, -0.05) is 6.07 Å². The van der Waals surface area contributed by atoms with Crippen LogP contribution in [0.5, 0.6) is 0 Å². The molecule has 0 saturated heterocycles. The number of nitrogens with zero attached hydrogens (tertiary/aromatic N) is 2. The van der Waals surface area contributed by atoms with Crippen LogP contribution in [-0.4, -0.2) is 21.6 Å². The second kappa shape index (κ2) is 6.56. The van der Waals surface area contributed by atoms with Crippen molar-refractivity contribution in [3.05, 3.63) is 42.2 Å². The van der Waals surface area contributed by atoms with Gasteiger partial charge in [0.15, 0.2) is 0 Å². The number of benzene rings is 1. The summed E-state index contributed by atoms with van der Waals surface area (Å²) in [5.74, 6) is -0.608. The molecule has 0 unspecified atom stereocenters. The van der Waals surface area contributed by atoms with Gasteiger partial charge in [-0.25, -0.2) is 0 Å². The van der Waals surface area contributed by atoms with Crippen LogP contribution in [0.1, 0.15) is 23.2 Å². The molecule has 0 radical (unpaired) electrons. The summed E-state index contributed by atoms with van der Waals surface area (Å²) < 4.78 is 1.59. The van der Waals surface area contributed by atoms with E-state index in [4.69, 9.17) is 11.5 Å². The Morgan fingerprint density at radius 2 is 2.14 bits per heavy atom. The molecule has 2 rings (SSSR count). The highest BCUT2D eigenvalue weighted by atomic mass is 16.1. The number of carbonyl (C=O) groups excluding carboxylic acids is 2. The molecule has 0 aliphatic heterocycles. The highest BCUT2D eigenvalue weighted by Crippen LogP contribution is 2.12. The maximum atomic E-state index is 11.8. The predicted molar refractivity (Wildman–Crippen MR) is 79.5 cm³/mol. The molecule has 0 aliphatic carbocycles. The number of aromatic nitrogens is 2. The number of aryl methyl sites for hydroxylation is 1. The maximum absolute atomic E-state index is 11.8. The topological polar surface area (TPSA) is 116 Å². The Labute approximate surface area is 121 Å². The van der Waals surface area contributed by atoms with Crippen molar-refractivity contribution in [2.75, 3.05) is 11.1 Å². The van der Waals surface area contributed by atoms with Gasteiger partial charge in [0.05, 0.1) is 11.8 Å². The summed E-state index contributed by atoms with van der Waals surface area (Å²) in [6, 6.07) is 7.01. The third kappa shape index (κ3) is 4.34. The zero-order valence-corrected chi connectivity index (χ0v) is 11.5. The van der Waals surface area contributed by atoms with Crippen molar-refractivity contribution in [1.82, 2.24) is 9.78 Å². The lowest BCUT2D eigenvalue weighted by molar-refractivity contribution is -0.116. The molecule has 21 heavy (non-hydrogen) atoms. The molecule has 0 aliphatic rings. The van der Waals surface area contributed by atoms with Crippen LogP contribution in [0.4, 0.5) is 11.4 Å². The molecule has 110 valence electrons. The number of nitrogens with two attached hydrogens (primary N) is 2. The standard InChI is InChI=1S/C14H17N5O2/c15-11-3-1-4-12(7-11)18-13(20)5-2-6-19-9-10(8-17-19)14(16)21/h1,3-4,7-9H,2,5-6,15H2,(H2,16,21)(H,18,20). The minimum absolute atomic E-state index is 0.0946. The van der Waals surface area contributed by atoms with Crippen molar-refractivity contribution in [3.63, 3.8) is 0 Å². The maximum Gasteiger partial charge on any atom is 0.251 e. The van der Waals surface area contributed by atoms with E-state index in [2.05, 4.69) is 10.4 Å². The van der Waals surface area contributed by atoms with E-state index in [0.717, 1.165) is 0 Å². The number of hydrogen-bond donors (Lipinski definition) is 3. The van der Waals surface area contributed by atoms with Gasteiger partial charge in [-0.15, -0.1) is 0 Å². The molecular weight excluding hydrogens is 270 g/mol. The smallest absolute Gasteiger partial charge is 0.251 e. The van der Waals surface area contributed by atoms with Gasteiger partial charge in [-0.05, 0) is 24.6 Å². The zero-order valence-electron chi connectivity index (χ0n) is 11.5. The van der Waals surface area contributed by atoms with Gasteiger partial charge in [0.1, 0.15) is 0 Å². The first-order valence-electron chi connectivity index (χ1n) is 6.52. The van der Waals surface area contributed by atoms with E-state index in [1.165, 1.54) is 6.20 Å². The molecule has 7 heteroatoms. The SMILES string of the molecule is NC(=O)c1cnn(CCCC(=O)Nc2cccc(N)c2)c1. The highest BCUT2D eigenvalue weighted by Gasteiger charge is 2.06. The van der Waals surface area contributed by atoms with Gasteiger partial charge < -0.3 is 16.8 Å². The largest absolute Gasteiger partial charge is 0.399 e. The Morgan fingerprint density at radius 3 is 2.81 bits per heavy atom.